The van der Waals surface area contributed by atoms with Crippen LogP contribution in [0, 0.1) is 6.92 Å². The topological polar surface area (TPSA) is 54.7 Å². The molecule has 1 aromatic heterocycles. The summed E-state index contributed by atoms with van der Waals surface area (Å²) in [5.74, 6) is 2.98. The highest BCUT2D eigenvalue weighted by Crippen LogP contribution is 2.14. The maximum atomic E-state index is 5.36. The molecule has 1 aromatic rings. The van der Waals surface area contributed by atoms with Crippen LogP contribution in [-0.4, -0.2) is 25.8 Å². The van der Waals surface area contributed by atoms with Crippen molar-refractivity contribution in [1.29, 1.82) is 0 Å². The van der Waals surface area contributed by atoms with E-state index in [1.807, 2.05) is 18.7 Å². The molecule has 0 spiro atoms. The Kier molecular flexibility index (Phi) is 8.32. The lowest BCUT2D eigenvalue weighted by Crippen LogP contribution is -2.03. The lowest BCUT2D eigenvalue weighted by atomic mass is 10.4. The molecule has 0 radical (unpaired) electrons. The molecule has 0 atom stereocenters. The first-order valence-corrected chi connectivity index (χ1v) is 6.74. The number of nitrogens with zero attached hydrogens (tertiary/aromatic N) is 1. The molecule has 0 fully saturated rings. The molecule has 0 aliphatic rings. The second-order valence-corrected chi connectivity index (χ2v) is 5.63. The number of aromatic amines is 1. The van der Waals surface area contributed by atoms with Crippen LogP contribution in [0.25, 0.3) is 0 Å². The van der Waals surface area contributed by atoms with Gasteiger partial charge >= 0.3 is 0 Å². The number of imidazole rings is 1. The molecule has 0 aliphatic heterocycles. The van der Waals surface area contributed by atoms with Crippen LogP contribution in [0.4, 0.5) is 0 Å². The number of hydrogen-bond acceptors (Lipinski definition) is 4. The zero-order chi connectivity index (χ0) is 10.4. The van der Waals surface area contributed by atoms with Crippen LogP contribution < -0.4 is 5.73 Å². The molecular formula is C8H14ClN3S3. The van der Waals surface area contributed by atoms with Gasteiger partial charge in [0.05, 0.1) is 12.0 Å². The van der Waals surface area contributed by atoms with Gasteiger partial charge in [-0.25, -0.2) is 4.98 Å². The highest BCUT2D eigenvalue weighted by Gasteiger charge is 2.00. The van der Waals surface area contributed by atoms with Crippen LogP contribution in [-0.2, 0) is 5.75 Å². The van der Waals surface area contributed by atoms with Gasteiger partial charge in [-0.15, -0.1) is 12.4 Å². The Morgan fingerprint density at radius 1 is 1.60 bits per heavy atom. The van der Waals surface area contributed by atoms with E-state index >= 15 is 0 Å². The van der Waals surface area contributed by atoms with Crippen LogP contribution in [0.5, 0.6) is 0 Å². The molecule has 1 heterocycles. The number of aromatic nitrogens is 2. The summed E-state index contributed by atoms with van der Waals surface area (Å²) in [7, 11) is 0. The van der Waals surface area contributed by atoms with Crippen LogP contribution in [0.15, 0.2) is 6.33 Å². The highest BCUT2D eigenvalue weighted by molar-refractivity contribution is 8.23. The summed E-state index contributed by atoms with van der Waals surface area (Å²) < 4.78 is 0.529. The van der Waals surface area contributed by atoms with Crippen molar-refractivity contribution in [2.75, 3.05) is 11.5 Å². The van der Waals surface area contributed by atoms with E-state index < -0.39 is 0 Å². The van der Waals surface area contributed by atoms with Crippen LogP contribution >= 0.6 is 48.1 Å². The molecule has 3 N–H and O–H groups in total. The quantitative estimate of drug-likeness (QED) is 0.642. The van der Waals surface area contributed by atoms with Crippen molar-refractivity contribution in [3.63, 3.8) is 0 Å². The van der Waals surface area contributed by atoms with Gasteiger partial charge in [0.2, 0.25) is 0 Å². The zero-order valence-electron chi connectivity index (χ0n) is 8.36. The van der Waals surface area contributed by atoms with Crippen molar-refractivity contribution < 1.29 is 0 Å². The molecule has 0 aliphatic carbocycles. The van der Waals surface area contributed by atoms with Gasteiger partial charge in [-0.3, -0.25) is 0 Å². The third-order valence-electron chi connectivity index (χ3n) is 1.65. The number of H-pyrrole nitrogens is 1. The van der Waals surface area contributed by atoms with Gasteiger partial charge < -0.3 is 10.7 Å². The van der Waals surface area contributed by atoms with Crippen molar-refractivity contribution in [2.45, 2.75) is 12.7 Å². The summed E-state index contributed by atoms with van der Waals surface area (Å²) in [6.45, 7) is 2.03. The second kappa shape index (κ2) is 8.27. The fourth-order valence-electron chi connectivity index (χ4n) is 0.903. The summed E-state index contributed by atoms with van der Waals surface area (Å²) in [6, 6.07) is 0. The van der Waals surface area contributed by atoms with E-state index in [0.29, 0.717) is 4.32 Å². The SMILES string of the molecule is Cc1[nH]cnc1CSCCSC(N)=S.Cl. The summed E-state index contributed by atoms with van der Waals surface area (Å²) in [6.07, 6.45) is 1.73. The van der Waals surface area contributed by atoms with Gasteiger partial charge in [-0.1, -0.05) is 24.0 Å². The van der Waals surface area contributed by atoms with Crippen molar-refractivity contribution in [1.82, 2.24) is 9.97 Å². The lowest BCUT2D eigenvalue weighted by molar-refractivity contribution is 1.19. The first kappa shape index (κ1) is 15.1. The van der Waals surface area contributed by atoms with Crippen LogP contribution in [0.3, 0.4) is 0 Å². The Morgan fingerprint density at radius 2 is 2.33 bits per heavy atom. The van der Waals surface area contributed by atoms with Gasteiger partial charge in [0.25, 0.3) is 0 Å². The molecular weight excluding hydrogens is 270 g/mol. The molecule has 86 valence electrons. The molecule has 7 heteroatoms. The minimum atomic E-state index is 0. The number of nitrogens with two attached hydrogens (primary N) is 1. The summed E-state index contributed by atoms with van der Waals surface area (Å²) >= 11 is 8.14. The van der Waals surface area contributed by atoms with Crippen LogP contribution in [0.2, 0.25) is 0 Å². The number of hydrogen-bond donors (Lipinski definition) is 2. The van der Waals surface area contributed by atoms with Crippen molar-refractivity contribution in [3.05, 3.63) is 17.7 Å². The van der Waals surface area contributed by atoms with Gasteiger partial charge in [-0.2, -0.15) is 11.8 Å². The average Bonchev–Trinajstić information content (AvgIpc) is 2.51. The van der Waals surface area contributed by atoms with E-state index in [2.05, 4.69) is 9.97 Å². The predicted molar refractivity (Wildman–Crippen MR) is 76.0 cm³/mol. The standard InChI is InChI=1S/C8H13N3S3.ClH/c1-6-7(11-5-10-6)4-13-2-3-14-8(9)12;/h5H,2-4H2,1H3,(H2,9,12)(H,10,11);1H. The molecule has 3 nitrogen and oxygen atoms in total. The predicted octanol–water partition coefficient (Wildman–Crippen LogP) is 2.35. The zero-order valence-corrected chi connectivity index (χ0v) is 11.6. The third kappa shape index (κ3) is 6.29. The highest BCUT2D eigenvalue weighted by atomic mass is 35.5. The second-order valence-electron chi connectivity index (χ2n) is 2.69. The Labute approximate surface area is 110 Å². The number of aryl methyl sites for hydroxylation is 1. The average molecular weight is 284 g/mol. The van der Waals surface area contributed by atoms with Gasteiger partial charge in [0, 0.05) is 23.0 Å². The van der Waals surface area contributed by atoms with E-state index in [-0.39, 0.29) is 12.4 Å². The van der Waals surface area contributed by atoms with Gasteiger partial charge in [0.15, 0.2) is 0 Å². The summed E-state index contributed by atoms with van der Waals surface area (Å²) in [4.78, 5) is 7.27. The van der Waals surface area contributed by atoms with E-state index in [0.717, 1.165) is 28.6 Å². The number of rotatable bonds is 5. The maximum absolute atomic E-state index is 5.36. The Bertz CT molecular complexity index is 303. The summed E-state index contributed by atoms with van der Waals surface area (Å²) in [5, 5.41) is 0. The molecule has 0 aromatic carbocycles. The molecule has 1 rings (SSSR count). The molecule has 0 saturated heterocycles. The fourth-order valence-corrected chi connectivity index (χ4v) is 2.79. The van der Waals surface area contributed by atoms with Gasteiger partial charge in [0.1, 0.15) is 4.32 Å². The lowest BCUT2D eigenvalue weighted by Gasteiger charge is -1.99. The Morgan fingerprint density at radius 3 is 2.87 bits per heavy atom. The summed E-state index contributed by atoms with van der Waals surface area (Å²) in [5.41, 5.74) is 7.65. The molecule has 0 saturated carbocycles. The number of thioether (sulfide) groups is 2. The Hall–Kier alpha value is 0.0900. The first-order chi connectivity index (χ1) is 6.70. The Balaban J connectivity index is 0.00000196. The smallest absolute Gasteiger partial charge is 0.131 e. The first-order valence-electron chi connectivity index (χ1n) is 4.19. The molecule has 15 heavy (non-hydrogen) atoms. The monoisotopic (exact) mass is 283 g/mol. The molecule has 0 unspecified atom stereocenters. The third-order valence-corrected chi connectivity index (χ3v) is 3.92. The van der Waals surface area contributed by atoms with E-state index in [1.54, 1.807) is 6.33 Å². The van der Waals surface area contributed by atoms with Crippen molar-refractivity contribution >= 4 is 52.5 Å². The fraction of sp³-hybridized carbons (Fsp3) is 0.500. The van der Waals surface area contributed by atoms with E-state index in [1.165, 1.54) is 11.8 Å². The van der Waals surface area contributed by atoms with E-state index in [4.69, 9.17) is 18.0 Å². The van der Waals surface area contributed by atoms with E-state index in [9.17, 15) is 0 Å². The van der Waals surface area contributed by atoms with Crippen LogP contribution in [0.1, 0.15) is 11.4 Å². The number of nitrogens with one attached hydrogen (secondary N) is 1. The molecule has 0 bridgehead atoms. The van der Waals surface area contributed by atoms with Crippen molar-refractivity contribution in [2.24, 2.45) is 5.73 Å². The number of halogens is 1. The van der Waals surface area contributed by atoms with Crippen molar-refractivity contribution in [3.8, 4) is 0 Å². The van der Waals surface area contributed by atoms with Gasteiger partial charge in [-0.05, 0) is 6.92 Å². The normalized spacial score (nSPS) is 9.67. The minimum absolute atomic E-state index is 0. The minimum Gasteiger partial charge on any atom is -0.385 e. The maximum Gasteiger partial charge on any atom is 0.131 e. The largest absolute Gasteiger partial charge is 0.385 e. The number of thiocarbonyl (C=S) groups is 1. The molecule has 0 amide bonds.